The molecule has 4 heteroatoms. The number of nitrogens with one attached hydrogen (secondary N) is 1. The van der Waals surface area contributed by atoms with Gasteiger partial charge in [0.05, 0.1) is 0 Å². The van der Waals surface area contributed by atoms with Crippen LogP contribution < -0.4 is 10.1 Å². The molecule has 3 rings (SSSR count). The second kappa shape index (κ2) is 4.96. The number of amides is 1. The van der Waals surface area contributed by atoms with Gasteiger partial charge in [-0.05, 0) is 44.6 Å². The van der Waals surface area contributed by atoms with Crippen molar-refractivity contribution in [2.24, 2.45) is 0 Å². The summed E-state index contributed by atoms with van der Waals surface area (Å²) in [6.45, 7) is 0.118. The maximum atomic E-state index is 11.6. The van der Waals surface area contributed by atoms with Crippen molar-refractivity contribution in [3.05, 3.63) is 23.5 Å². The number of carbonyl (C=O) groups excluding carboxylic acids is 1. The zero-order valence-corrected chi connectivity index (χ0v) is 10.4. The Morgan fingerprint density at radius 1 is 1.39 bits per heavy atom. The van der Waals surface area contributed by atoms with Crippen LogP contribution in [0.1, 0.15) is 36.9 Å². The minimum absolute atomic E-state index is 0.0149. The van der Waals surface area contributed by atoms with Crippen LogP contribution in [0, 0.1) is 0 Å². The van der Waals surface area contributed by atoms with E-state index in [1.807, 2.05) is 6.07 Å². The summed E-state index contributed by atoms with van der Waals surface area (Å²) in [6, 6.07) is 2.27. The van der Waals surface area contributed by atoms with Crippen molar-refractivity contribution in [3.8, 4) is 5.75 Å². The molecule has 1 aromatic heterocycles. The summed E-state index contributed by atoms with van der Waals surface area (Å²) in [6.07, 6.45) is 8.42. The van der Waals surface area contributed by atoms with Crippen molar-refractivity contribution in [2.45, 2.75) is 44.6 Å². The second-order valence-corrected chi connectivity index (χ2v) is 5.07. The summed E-state index contributed by atoms with van der Waals surface area (Å²) in [5.41, 5.74) is 2.34. The number of nitrogens with zero attached hydrogens (tertiary/aromatic N) is 1. The van der Waals surface area contributed by atoms with Gasteiger partial charge in [0, 0.05) is 23.5 Å². The van der Waals surface area contributed by atoms with Crippen LogP contribution in [0.25, 0.3) is 0 Å². The number of fused-ring (bicyclic) bond motifs is 1. The molecule has 0 radical (unpaired) electrons. The molecule has 1 heterocycles. The van der Waals surface area contributed by atoms with E-state index < -0.39 is 0 Å². The van der Waals surface area contributed by atoms with Crippen molar-refractivity contribution >= 4 is 5.91 Å². The van der Waals surface area contributed by atoms with E-state index in [9.17, 15) is 4.79 Å². The molecule has 0 aliphatic heterocycles. The molecule has 4 nitrogen and oxygen atoms in total. The third-order valence-corrected chi connectivity index (χ3v) is 3.49. The second-order valence-electron chi connectivity index (χ2n) is 5.07. The fourth-order valence-electron chi connectivity index (χ4n) is 2.37. The number of carbonyl (C=O) groups is 1. The lowest BCUT2D eigenvalue weighted by atomic mass is 9.95. The summed E-state index contributed by atoms with van der Waals surface area (Å²) >= 11 is 0. The maximum absolute atomic E-state index is 11.6. The summed E-state index contributed by atoms with van der Waals surface area (Å²) in [5.74, 6) is 0.824. The summed E-state index contributed by atoms with van der Waals surface area (Å²) in [7, 11) is 0. The average Bonchev–Trinajstić information content (AvgIpc) is 3.20. The van der Waals surface area contributed by atoms with E-state index in [0.29, 0.717) is 6.04 Å². The zero-order valence-electron chi connectivity index (χ0n) is 10.4. The van der Waals surface area contributed by atoms with E-state index in [2.05, 4.69) is 10.3 Å². The molecule has 0 atom stereocenters. The molecule has 0 saturated heterocycles. The summed E-state index contributed by atoms with van der Waals surface area (Å²) in [4.78, 5) is 16.0. The Morgan fingerprint density at radius 3 is 3.06 bits per heavy atom. The van der Waals surface area contributed by atoms with Gasteiger partial charge in [-0.1, -0.05) is 0 Å². The Bertz CT molecular complexity index is 455. The Labute approximate surface area is 107 Å². The quantitative estimate of drug-likeness (QED) is 0.878. The Kier molecular flexibility index (Phi) is 3.17. The normalized spacial score (nSPS) is 18.0. The number of hydrogen-bond acceptors (Lipinski definition) is 3. The van der Waals surface area contributed by atoms with Crippen LogP contribution in [0.3, 0.4) is 0 Å². The van der Waals surface area contributed by atoms with Gasteiger partial charge in [0.15, 0.2) is 6.61 Å². The Balaban J connectivity index is 1.63. The largest absolute Gasteiger partial charge is 0.483 e. The summed E-state index contributed by atoms with van der Waals surface area (Å²) < 4.78 is 5.64. The van der Waals surface area contributed by atoms with Crippen LogP contribution in [0.2, 0.25) is 0 Å². The number of ether oxygens (including phenoxy) is 1. The van der Waals surface area contributed by atoms with Crippen molar-refractivity contribution in [3.63, 3.8) is 0 Å². The van der Waals surface area contributed by atoms with Crippen LogP contribution in [0.5, 0.6) is 5.75 Å². The van der Waals surface area contributed by atoms with Gasteiger partial charge >= 0.3 is 0 Å². The lowest BCUT2D eigenvalue weighted by molar-refractivity contribution is -0.123. The van der Waals surface area contributed by atoms with Crippen molar-refractivity contribution in [1.82, 2.24) is 10.3 Å². The smallest absolute Gasteiger partial charge is 0.258 e. The highest BCUT2D eigenvalue weighted by Gasteiger charge is 2.23. The van der Waals surface area contributed by atoms with E-state index in [4.69, 9.17) is 4.74 Å². The molecule has 0 bridgehead atoms. The minimum atomic E-state index is -0.0149. The molecule has 1 N–H and O–H groups in total. The molecule has 18 heavy (non-hydrogen) atoms. The number of rotatable bonds is 4. The number of aryl methyl sites for hydroxylation is 1. The molecular weight excluding hydrogens is 228 g/mol. The Morgan fingerprint density at radius 2 is 2.22 bits per heavy atom. The van der Waals surface area contributed by atoms with Crippen molar-refractivity contribution < 1.29 is 9.53 Å². The molecule has 2 aliphatic carbocycles. The van der Waals surface area contributed by atoms with Crippen LogP contribution in [0.4, 0.5) is 0 Å². The van der Waals surface area contributed by atoms with Gasteiger partial charge in [-0.15, -0.1) is 0 Å². The van der Waals surface area contributed by atoms with Gasteiger partial charge in [0.1, 0.15) is 5.75 Å². The highest BCUT2D eigenvalue weighted by atomic mass is 16.5. The topological polar surface area (TPSA) is 51.2 Å². The zero-order chi connectivity index (χ0) is 12.4. The van der Waals surface area contributed by atoms with E-state index >= 15 is 0 Å². The molecule has 0 unspecified atom stereocenters. The van der Waals surface area contributed by atoms with Gasteiger partial charge in [0.25, 0.3) is 5.91 Å². The first-order chi connectivity index (χ1) is 8.83. The van der Waals surface area contributed by atoms with Crippen molar-refractivity contribution in [1.29, 1.82) is 0 Å². The van der Waals surface area contributed by atoms with Crippen molar-refractivity contribution in [2.75, 3.05) is 6.61 Å². The molecule has 96 valence electrons. The number of pyridine rings is 1. The summed E-state index contributed by atoms with van der Waals surface area (Å²) in [5, 5.41) is 2.92. The van der Waals surface area contributed by atoms with E-state index in [0.717, 1.165) is 37.1 Å². The predicted molar refractivity (Wildman–Crippen MR) is 67.5 cm³/mol. The number of hydrogen-bond donors (Lipinski definition) is 1. The van der Waals surface area contributed by atoms with Crippen LogP contribution in [0.15, 0.2) is 12.3 Å². The first kappa shape index (κ1) is 11.5. The fourth-order valence-corrected chi connectivity index (χ4v) is 2.37. The SMILES string of the molecule is O=C(COc1ccnc2c1CCCC2)NC1CC1. The molecule has 1 saturated carbocycles. The minimum Gasteiger partial charge on any atom is -0.483 e. The van der Waals surface area contributed by atoms with E-state index in [1.54, 1.807) is 6.20 Å². The Hall–Kier alpha value is -1.58. The highest BCUT2D eigenvalue weighted by molar-refractivity contribution is 5.78. The van der Waals surface area contributed by atoms with Gasteiger partial charge in [-0.25, -0.2) is 0 Å². The van der Waals surface area contributed by atoms with Gasteiger partial charge in [-0.3, -0.25) is 9.78 Å². The highest BCUT2D eigenvalue weighted by Crippen LogP contribution is 2.27. The van der Waals surface area contributed by atoms with Gasteiger partial charge in [-0.2, -0.15) is 0 Å². The lowest BCUT2D eigenvalue weighted by Crippen LogP contribution is -2.30. The monoisotopic (exact) mass is 246 g/mol. The first-order valence-electron chi connectivity index (χ1n) is 6.72. The molecule has 1 fully saturated rings. The molecule has 2 aliphatic rings. The van der Waals surface area contributed by atoms with Gasteiger partial charge < -0.3 is 10.1 Å². The van der Waals surface area contributed by atoms with Crippen LogP contribution in [-0.2, 0) is 17.6 Å². The fraction of sp³-hybridized carbons (Fsp3) is 0.571. The molecule has 1 aromatic rings. The van der Waals surface area contributed by atoms with Crippen LogP contribution >= 0.6 is 0 Å². The van der Waals surface area contributed by atoms with E-state index in [-0.39, 0.29) is 12.5 Å². The van der Waals surface area contributed by atoms with Crippen LogP contribution in [-0.4, -0.2) is 23.5 Å². The predicted octanol–water partition coefficient (Wildman–Crippen LogP) is 1.62. The third-order valence-electron chi connectivity index (χ3n) is 3.49. The molecular formula is C14H18N2O2. The number of aromatic nitrogens is 1. The van der Waals surface area contributed by atoms with Gasteiger partial charge in [0.2, 0.25) is 0 Å². The lowest BCUT2D eigenvalue weighted by Gasteiger charge is -2.18. The third kappa shape index (κ3) is 2.63. The molecule has 0 aromatic carbocycles. The average molecular weight is 246 g/mol. The molecule has 0 spiro atoms. The van der Waals surface area contributed by atoms with E-state index in [1.165, 1.54) is 18.4 Å². The first-order valence-corrected chi connectivity index (χ1v) is 6.72. The standard InChI is InChI=1S/C14H18N2O2/c17-14(16-10-5-6-10)9-18-13-7-8-15-12-4-2-1-3-11(12)13/h7-8,10H,1-6,9H2,(H,16,17). The molecule has 1 amide bonds. The maximum Gasteiger partial charge on any atom is 0.258 e.